The maximum atomic E-state index is 12.3. The Labute approximate surface area is 180 Å². The van der Waals surface area contributed by atoms with Crippen LogP contribution in [0.3, 0.4) is 0 Å². The zero-order chi connectivity index (χ0) is 21.9. The highest BCUT2D eigenvalue weighted by molar-refractivity contribution is 7.80. The fraction of sp³-hybridized carbons (Fsp3) is 0.400. The highest BCUT2D eigenvalue weighted by atomic mass is 32.1. The average molecular weight is 436 g/mol. The first-order valence-corrected chi connectivity index (χ1v) is 9.72. The number of benzene rings is 1. The largest absolute Gasteiger partial charge is 0.496 e. The van der Waals surface area contributed by atoms with Gasteiger partial charge in [-0.15, -0.1) is 0 Å². The lowest BCUT2D eigenvalue weighted by atomic mass is 10.1. The lowest BCUT2D eigenvalue weighted by molar-refractivity contribution is -0.148. The van der Waals surface area contributed by atoms with Gasteiger partial charge < -0.3 is 24.4 Å². The molecule has 0 bridgehead atoms. The molecule has 1 aliphatic heterocycles. The molecule has 1 heterocycles. The highest BCUT2D eigenvalue weighted by Gasteiger charge is 2.34. The molecule has 162 valence electrons. The minimum Gasteiger partial charge on any atom is -0.496 e. The van der Waals surface area contributed by atoms with Crippen LogP contribution in [-0.4, -0.2) is 74.4 Å². The summed E-state index contributed by atoms with van der Waals surface area (Å²) in [5, 5.41) is 5.33. The summed E-state index contributed by atoms with van der Waals surface area (Å²) in [5.74, 6) is -0.738. The van der Waals surface area contributed by atoms with Gasteiger partial charge in [0, 0.05) is 31.8 Å². The van der Waals surface area contributed by atoms with Gasteiger partial charge in [-0.05, 0) is 24.4 Å². The standard InChI is InChI=1S/C20H25N3O6S/c1-27-11-12-29-18(25)13-15-19(26)21-9-10-23(15)20(30)22-17(24)8-7-14-5-3-4-6-16(14)28-2/h3-8,15H,9-13H2,1-2H3,(H,21,26)(H,22,24,30). The summed E-state index contributed by atoms with van der Waals surface area (Å²) in [6.45, 7) is 1.07. The predicted molar refractivity (Wildman–Crippen MR) is 114 cm³/mol. The molecule has 0 saturated carbocycles. The number of piperazine rings is 1. The Morgan fingerprint density at radius 2 is 2.07 bits per heavy atom. The van der Waals surface area contributed by atoms with E-state index in [2.05, 4.69) is 10.6 Å². The zero-order valence-corrected chi connectivity index (χ0v) is 17.7. The third kappa shape index (κ3) is 6.82. The van der Waals surface area contributed by atoms with Crippen LogP contribution in [0.25, 0.3) is 6.08 Å². The van der Waals surface area contributed by atoms with Gasteiger partial charge in [0.05, 0.1) is 20.1 Å². The molecule has 1 saturated heterocycles. The number of amides is 2. The summed E-state index contributed by atoms with van der Waals surface area (Å²) in [6.07, 6.45) is 2.73. The molecule has 1 aromatic carbocycles. The number of hydrogen-bond acceptors (Lipinski definition) is 7. The van der Waals surface area contributed by atoms with E-state index >= 15 is 0 Å². The number of ether oxygens (including phenoxy) is 3. The van der Waals surface area contributed by atoms with Crippen LogP contribution >= 0.6 is 12.2 Å². The maximum Gasteiger partial charge on any atom is 0.308 e. The molecule has 9 nitrogen and oxygen atoms in total. The normalized spacial score (nSPS) is 16.1. The Morgan fingerprint density at radius 3 is 2.80 bits per heavy atom. The molecular formula is C20H25N3O6S. The topological polar surface area (TPSA) is 106 Å². The first kappa shape index (κ1) is 23.3. The molecule has 0 spiro atoms. The number of thiocarbonyl (C=S) groups is 1. The van der Waals surface area contributed by atoms with E-state index in [9.17, 15) is 14.4 Å². The van der Waals surface area contributed by atoms with E-state index in [4.69, 9.17) is 26.4 Å². The fourth-order valence-corrected chi connectivity index (χ4v) is 3.12. The molecule has 2 N–H and O–H groups in total. The van der Waals surface area contributed by atoms with Crippen molar-refractivity contribution in [1.82, 2.24) is 15.5 Å². The number of esters is 1. The van der Waals surface area contributed by atoms with Crippen molar-refractivity contribution < 1.29 is 28.6 Å². The third-order valence-electron chi connectivity index (χ3n) is 4.29. The average Bonchev–Trinajstić information content (AvgIpc) is 2.74. The van der Waals surface area contributed by atoms with Crippen LogP contribution in [0, 0.1) is 0 Å². The van der Waals surface area contributed by atoms with Gasteiger partial charge in [-0.1, -0.05) is 18.2 Å². The molecule has 2 amide bonds. The summed E-state index contributed by atoms with van der Waals surface area (Å²) < 4.78 is 15.1. The second kappa shape index (κ2) is 11.9. The lowest BCUT2D eigenvalue weighted by Crippen LogP contribution is -2.60. The van der Waals surface area contributed by atoms with E-state index < -0.39 is 17.9 Å². The molecular weight excluding hydrogens is 410 g/mol. The Morgan fingerprint density at radius 1 is 1.30 bits per heavy atom. The number of nitrogens with one attached hydrogen (secondary N) is 2. The summed E-state index contributed by atoms with van der Waals surface area (Å²) in [6, 6.07) is 6.38. The third-order valence-corrected chi connectivity index (χ3v) is 4.62. The fourth-order valence-electron chi connectivity index (χ4n) is 2.80. The van der Waals surface area contributed by atoms with Crippen molar-refractivity contribution in [3.8, 4) is 5.75 Å². The number of carbonyl (C=O) groups is 3. The van der Waals surface area contributed by atoms with Crippen LogP contribution in [0.4, 0.5) is 0 Å². The molecule has 30 heavy (non-hydrogen) atoms. The SMILES string of the molecule is COCCOC(=O)CC1C(=O)NCCN1C(=S)NC(=O)C=Cc1ccccc1OC. The predicted octanol–water partition coefficient (Wildman–Crippen LogP) is 0.490. The van der Waals surface area contributed by atoms with E-state index in [-0.39, 0.29) is 30.7 Å². The molecule has 10 heteroatoms. The molecule has 1 fully saturated rings. The molecule has 1 atom stereocenters. The number of methoxy groups -OCH3 is 2. The van der Waals surface area contributed by atoms with Crippen LogP contribution in [0.5, 0.6) is 5.75 Å². The van der Waals surface area contributed by atoms with Crippen LogP contribution in [-0.2, 0) is 23.9 Å². The number of para-hydroxylation sites is 1. The van der Waals surface area contributed by atoms with Gasteiger partial charge in [0.1, 0.15) is 18.4 Å². The van der Waals surface area contributed by atoms with E-state index in [0.29, 0.717) is 18.8 Å². The Hall–Kier alpha value is -2.98. The van der Waals surface area contributed by atoms with E-state index in [1.165, 1.54) is 18.1 Å². The molecule has 1 unspecified atom stereocenters. The van der Waals surface area contributed by atoms with Gasteiger partial charge in [0.2, 0.25) is 11.8 Å². The number of carbonyl (C=O) groups excluding carboxylic acids is 3. The van der Waals surface area contributed by atoms with Gasteiger partial charge in [-0.3, -0.25) is 19.7 Å². The molecule has 1 aromatic rings. The van der Waals surface area contributed by atoms with Gasteiger partial charge in [0.25, 0.3) is 0 Å². The van der Waals surface area contributed by atoms with Crippen molar-refractivity contribution in [2.75, 3.05) is 40.5 Å². The van der Waals surface area contributed by atoms with Crippen molar-refractivity contribution in [2.45, 2.75) is 12.5 Å². The van der Waals surface area contributed by atoms with E-state index in [1.54, 1.807) is 25.3 Å². The van der Waals surface area contributed by atoms with Gasteiger partial charge >= 0.3 is 5.97 Å². The number of hydrogen-bond donors (Lipinski definition) is 2. The smallest absolute Gasteiger partial charge is 0.308 e. The lowest BCUT2D eigenvalue weighted by Gasteiger charge is -2.36. The maximum absolute atomic E-state index is 12.3. The number of nitrogens with zero attached hydrogens (tertiary/aromatic N) is 1. The minimum atomic E-state index is -0.861. The summed E-state index contributed by atoms with van der Waals surface area (Å²) in [5.41, 5.74) is 0.732. The van der Waals surface area contributed by atoms with E-state index in [0.717, 1.165) is 5.56 Å². The minimum absolute atomic E-state index is 0.0641. The molecule has 0 aromatic heterocycles. The molecule has 0 aliphatic carbocycles. The van der Waals surface area contributed by atoms with Crippen LogP contribution in [0.15, 0.2) is 30.3 Å². The zero-order valence-electron chi connectivity index (χ0n) is 16.9. The quantitative estimate of drug-likeness (QED) is 0.263. The van der Waals surface area contributed by atoms with Crippen molar-refractivity contribution in [3.05, 3.63) is 35.9 Å². The Bertz CT molecular complexity index is 813. The van der Waals surface area contributed by atoms with Crippen LogP contribution in [0.2, 0.25) is 0 Å². The van der Waals surface area contributed by atoms with E-state index in [1.807, 2.05) is 12.1 Å². The van der Waals surface area contributed by atoms with Gasteiger partial charge in [-0.25, -0.2) is 0 Å². The van der Waals surface area contributed by atoms with Gasteiger partial charge in [-0.2, -0.15) is 0 Å². The second-order valence-corrected chi connectivity index (χ2v) is 6.67. The molecule has 2 rings (SSSR count). The van der Waals surface area contributed by atoms with Crippen molar-refractivity contribution in [1.29, 1.82) is 0 Å². The first-order valence-electron chi connectivity index (χ1n) is 9.31. The monoisotopic (exact) mass is 435 g/mol. The number of rotatable bonds is 8. The van der Waals surface area contributed by atoms with Gasteiger partial charge in [0.15, 0.2) is 5.11 Å². The molecule has 0 radical (unpaired) electrons. The van der Waals surface area contributed by atoms with Crippen molar-refractivity contribution >= 4 is 41.2 Å². The summed E-state index contributed by atoms with van der Waals surface area (Å²) in [7, 11) is 3.04. The van der Waals surface area contributed by atoms with Crippen LogP contribution in [0.1, 0.15) is 12.0 Å². The Balaban J connectivity index is 1.98. The first-order chi connectivity index (χ1) is 14.5. The Kier molecular flexibility index (Phi) is 9.23. The van der Waals surface area contributed by atoms with Crippen molar-refractivity contribution in [3.63, 3.8) is 0 Å². The van der Waals surface area contributed by atoms with Crippen LogP contribution < -0.4 is 15.4 Å². The summed E-state index contributed by atoms with van der Waals surface area (Å²) in [4.78, 5) is 38.1. The highest BCUT2D eigenvalue weighted by Crippen LogP contribution is 2.18. The summed E-state index contributed by atoms with van der Waals surface area (Å²) >= 11 is 5.30. The van der Waals surface area contributed by atoms with Crippen molar-refractivity contribution in [2.24, 2.45) is 0 Å². The second-order valence-electron chi connectivity index (χ2n) is 6.29. The molecule has 1 aliphatic rings.